The molecular formula is C21H23N3O2S. The number of nitrogens with one attached hydrogen (secondary N) is 2. The number of aryl methyl sites for hydroxylation is 1. The lowest BCUT2D eigenvalue weighted by Gasteiger charge is -2.14. The predicted octanol–water partition coefficient (Wildman–Crippen LogP) is 5.06. The van der Waals surface area contributed by atoms with Gasteiger partial charge in [0.15, 0.2) is 0 Å². The monoisotopic (exact) mass is 381 g/mol. The molecule has 0 radical (unpaired) electrons. The van der Waals surface area contributed by atoms with E-state index in [9.17, 15) is 8.42 Å². The molecule has 0 saturated heterocycles. The van der Waals surface area contributed by atoms with Gasteiger partial charge in [-0.15, -0.1) is 0 Å². The molecule has 27 heavy (non-hydrogen) atoms. The molecule has 3 aromatic rings. The Morgan fingerprint density at radius 1 is 0.926 bits per heavy atom. The highest BCUT2D eigenvalue weighted by atomic mass is 32.2. The molecule has 0 atom stereocenters. The third-order valence-corrected chi connectivity index (χ3v) is 5.59. The molecule has 0 amide bonds. The molecular weight excluding hydrogens is 358 g/mol. The maximum absolute atomic E-state index is 12.5. The minimum absolute atomic E-state index is 0.223. The molecule has 2 N–H and O–H groups in total. The lowest BCUT2D eigenvalue weighted by atomic mass is 10.0. The Kier molecular flexibility index (Phi) is 5.46. The summed E-state index contributed by atoms with van der Waals surface area (Å²) in [6, 6.07) is 18.2. The number of nitrogens with zero attached hydrogens (tertiary/aromatic N) is 1. The van der Waals surface area contributed by atoms with Crippen LogP contribution in [0.25, 0.3) is 0 Å². The Morgan fingerprint density at radius 3 is 2.26 bits per heavy atom. The van der Waals surface area contributed by atoms with Gasteiger partial charge in [0, 0.05) is 5.69 Å². The van der Waals surface area contributed by atoms with Crippen LogP contribution in [0.4, 0.5) is 17.2 Å². The second kappa shape index (κ2) is 7.80. The van der Waals surface area contributed by atoms with Gasteiger partial charge < -0.3 is 5.32 Å². The second-order valence-corrected chi connectivity index (χ2v) is 8.40. The fraction of sp³-hybridized carbons (Fsp3) is 0.190. The summed E-state index contributed by atoms with van der Waals surface area (Å²) < 4.78 is 27.5. The first-order valence-corrected chi connectivity index (χ1v) is 10.2. The average molecular weight is 382 g/mol. The summed E-state index contributed by atoms with van der Waals surface area (Å²) in [7, 11) is -3.63. The maximum Gasteiger partial charge on any atom is 0.261 e. The van der Waals surface area contributed by atoms with Gasteiger partial charge in [-0.2, -0.15) is 0 Å². The van der Waals surface area contributed by atoms with Crippen LogP contribution in [0.15, 0.2) is 71.8 Å². The minimum Gasteiger partial charge on any atom is -0.340 e. The van der Waals surface area contributed by atoms with Crippen molar-refractivity contribution in [2.24, 2.45) is 0 Å². The molecule has 1 aromatic heterocycles. The average Bonchev–Trinajstić information content (AvgIpc) is 2.64. The van der Waals surface area contributed by atoms with Gasteiger partial charge in [0.25, 0.3) is 10.0 Å². The van der Waals surface area contributed by atoms with Crippen LogP contribution in [0, 0.1) is 6.92 Å². The SMILES string of the molecule is Cc1ccc(S(=O)(=O)Nc2ccc(Nc3ccccc3C(C)C)nc2)cc1. The number of benzene rings is 2. The van der Waals surface area contributed by atoms with Crippen LogP contribution in [-0.4, -0.2) is 13.4 Å². The van der Waals surface area contributed by atoms with Crippen molar-refractivity contribution in [3.8, 4) is 0 Å². The third-order valence-electron chi connectivity index (χ3n) is 4.19. The van der Waals surface area contributed by atoms with Crippen LogP contribution in [-0.2, 0) is 10.0 Å². The normalized spacial score (nSPS) is 11.4. The van der Waals surface area contributed by atoms with Crippen molar-refractivity contribution >= 4 is 27.2 Å². The number of anilines is 3. The molecule has 2 aromatic carbocycles. The van der Waals surface area contributed by atoms with Gasteiger partial charge in [-0.05, 0) is 48.7 Å². The van der Waals surface area contributed by atoms with E-state index in [1.807, 2.05) is 25.1 Å². The van der Waals surface area contributed by atoms with E-state index in [0.717, 1.165) is 11.3 Å². The molecule has 0 unspecified atom stereocenters. The van der Waals surface area contributed by atoms with Gasteiger partial charge in [-0.25, -0.2) is 13.4 Å². The first-order chi connectivity index (χ1) is 12.8. The van der Waals surface area contributed by atoms with Crippen LogP contribution in [0.2, 0.25) is 0 Å². The lowest BCUT2D eigenvalue weighted by Crippen LogP contribution is -2.13. The molecule has 0 aliphatic carbocycles. The number of pyridine rings is 1. The highest BCUT2D eigenvalue weighted by molar-refractivity contribution is 7.92. The second-order valence-electron chi connectivity index (χ2n) is 6.72. The third kappa shape index (κ3) is 4.65. The first kappa shape index (κ1) is 18.9. The standard InChI is InChI=1S/C21H23N3O2S/c1-15(2)19-6-4-5-7-20(19)23-21-13-10-17(14-22-21)24-27(25,26)18-11-8-16(3)9-12-18/h4-15,24H,1-3H3,(H,22,23). The van der Waals surface area contributed by atoms with Crippen molar-refractivity contribution in [3.63, 3.8) is 0 Å². The Balaban J connectivity index is 1.75. The molecule has 0 bridgehead atoms. The van der Waals surface area contributed by atoms with Gasteiger partial charge in [0.05, 0.1) is 16.8 Å². The van der Waals surface area contributed by atoms with Crippen molar-refractivity contribution in [1.29, 1.82) is 0 Å². The summed E-state index contributed by atoms with van der Waals surface area (Å²) in [5, 5.41) is 3.29. The zero-order valence-corrected chi connectivity index (χ0v) is 16.4. The Hall–Kier alpha value is -2.86. The molecule has 0 aliphatic heterocycles. The molecule has 3 rings (SSSR count). The number of para-hydroxylation sites is 1. The van der Waals surface area contributed by atoms with Gasteiger partial charge >= 0.3 is 0 Å². The van der Waals surface area contributed by atoms with Crippen LogP contribution in [0.5, 0.6) is 0 Å². The summed E-state index contributed by atoms with van der Waals surface area (Å²) >= 11 is 0. The minimum atomic E-state index is -3.63. The predicted molar refractivity (Wildman–Crippen MR) is 110 cm³/mol. The highest BCUT2D eigenvalue weighted by Gasteiger charge is 2.14. The smallest absolute Gasteiger partial charge is 0.261 e. The van der Waals surface area contributed by atoms with Crippen LogP contribution in [0.1, 0.15) is 30.9 Å². The number of aromatic nitrogens is 1. The van der Waals surface area contributed by atoms with E-state index >= 15 is 0 Å². The first-order valence-electron chi connectivity index (χ1n) is 8.76. The van der Waals surface area contributed by atoms with Gasteiger partial charge in [-0.1, -0.05) is 49.7 Å². The van der Waals surface area contributed by atoms with E-state index in [0.29, 0.717) is 17.4 Å². The van der Waals surface area contributed by atoms with Crippen LogP contribution < -0.4 is 10.0 Å². The molecule has 0 aliphatic rings. The van der Waals surface area contributed by atoms with E-state index in [4.69, 9.17) is 0 Å². The molecule has 6 heteroatoms. The number of hydrogen-bond donors (Lipinski definition) is 2. The summed E-state index contributed by atoms with van der Waals surface area (Å²) in [6.07, 6.45) is 1.51. The molecule has 5 nitrogen and oxygen atoms in total. The van der Waals surface area contributed by atoms with Crippen molar-refractivity contribution in [2.75, 3.05) is 10.0 Å². The molecule has 0 spiro atoms. The summed E-state index contributed by atoms with van der Waals surface area (Å²) in [5.41, 5.74) is 3.61. The summed E-state index contributed by atoms with van der Waals surface area (Å²) in [4.78, 5) is 4.55. The maximum atomic E-state index is 12.5. The van der Waals surface area contributed by atoms with E-state index in [2.05, 4.69) is 34.9 Å². The van der Waals surface area contributed by atoms with Crippen molar-refractivity contribution < 1.29 is 8.42 Å². The van der Waals surface area contributed by atoms with Gasteiger partial charge in [0.1, 0.15) is 5.82 Å². The largest absolute Gasteiger partial charge is 0.340 e. The summed E-state index contributed by atoms with van der Waals surface area (Å²) in [5.74, 6) is 1.04. The lowest BCUT2D eigenvalue weighted by molar-refractivity contribution is 0.601. The van der Waals surface area contributed by atoms with Gasteiger partial charge in [-0.3, -0.25) is 4.72 Å². The summed E-state index contributed by atoms with van der Waals surface area (Å²) in [6.45, 7) is 6.19. The molecule has 0 fully saturated rings. The molecule has 0 saturated carbocycles. The van der Waals surface area contributed by atoms with Crippen LogP contribution in [0.3, 0.4) is 0 Å². The Morgan fingerprint density at radius 2 is 1.63 bits per heavy atom. The van der Waals surface area contributed by atoms with E-state index in [1.54, 1.807) is 36.4 Å². The quantitative estimate of drug-likeness (QED) is 0.626. The number of sulfonamides is 1. The topological polar surface area (TPSA) is 71.1 Å². The van der Waals surface area contributed by atoms with Crippen molar-refractivity contribution in [2.45, 2.75) is 31.6 Å². The fourth-order valence-corrected chi connectivity index (χ4v) is 3.76. The van der Waals surface area contributed by atoms with Crippen LogP contribution >= 0.6 is 0 Å². The van der Waals surface area contributed by atoms with E-state index in [-0.39, 0.29) is 4.90 Å². The number of hydrogen-bond acceptors (Lipinski definition) is 4. The molecule has 140 valence electrons. The fourth-order valence-electron chi connectivity index (χ4n) is 2.71. The van der Waals surface area contributed by atoms with E-state index < -0.39 is 10.0 Å². The van der Waals surface area contributed by atoms with Crippen molar-refractivity contribution in [1.82, 2.24) is 4.98 Å². The number of rotatable bonds is 6. The zero-order chi connectivity index (χ0) is 19.4. The molecule has 1 heterocycles. The van der Waals surface area contributed by atoms with E-state index in [1.165, 1.54) is 11.8 Å². The Bertz CT molecular complexity index is 1010. The zero-order valence-electron chi connectivity index (χ0n) is 15.6. The Labute approximate surface area is 160 Å². The highest BCUT2D eigenvalue weighted by Crippen LogP contribution is 2.26. The van der Waals surface area contributed by atoms with Crippen molar-refractivity contribution in [3.05, 3.63) is 78.0 Å². The van der Waals surface area contributed by atoms with Gasteiger partial charge in [0.2, 0.25) is 0 Å².